The molecule has 182 valence electrons. The topological polar surface area (TPSA) is 116 Å². The quantitative estimate of drug-likeness (QED) is 0.686. The number of hydrogen-bond donors (Lipinski definition) is 2. The van der Waals surface area contributed by atoms with Crippen LogP contribution in [-0.2, 0) is 27.2 Å². The number of carbonyl (C=O) groups excluding carboxylic acids is 1. The molecule has 1 saturated heterocycles. The van der Waals surface area contributed by atoms with E-state index in [9.17, 15) is 18.0 Å². The Balaban J connectivity index is 0.000000383. The minimum Gasteiger partial charge on any atom is -0.475 e. The van der Waals surface area contributed by atoms with E-state index in [1.54, 1.807) is 12.1 Å². The largest absolute Gasteiger partial charge is 0.490 e. The minimum absolute atomic E-state index is 0.213. The van der Waals surface area contributed by atoms with Crippen LogP contribution in [0, 0.1) is 12.8 Å². The predicted octanol–water partition coefficient (Wildman–Crippen LogP) is 2.89. The Morgan fingerprint density at radius 3 is 2.55 bits per heavy atom. The Labute approximate surface area is 187 Å². The summed E-state index contributed by atoms with van der Waals surface area (Å²) in [6, 6.07) is 3.46. The highest BCUT2D eigenvalue weighted by Gasteiger charge is 2.38. The van der Waals surface area contributed by atoms with E-state index in [0.717, 1.165) is 50.5 Å². The molecule has 2 aliphatic heterocycles. The zero-order chi connectivity index (χ0) is 24.0. The van der Waals surface area contributed by atoms with Crippen LogP contribution in [0.15, 0.2) is 22.7 Å². The van der Waals surface area contributed by atoms with Crippen molar-refractivity contribution < 1.29 is 41.8 Å². The third-order valence-electron chi connectivity index (χ3n) is 5.31. The molecule has 2 N–H and O–H groups in total. The molecule has 1 fully saturated rings. The Hall–Kier alpha value is -2.86. The molecule has 0 bridgehead atoms. The number of aryl methyl sites for hydroxylation is 1. The second-order valence-corrected chi connectivity index (χ2v) is 7.85. The van der Waals surface area contributed by atoms with Gasteiger partial charge in [-0.15, -0.1) is 0 Å². The van der Waals surface area contributed by atoms with Gasteiger partial charge in [-0.2, -0.15) is 18.3 Å². The smallest absolute Gasteiger partial charge is 0.475 e. The number of aliphatic carboxylic acids is 1. The molecule has 2 aromatic heterocycles. The fourth-order valence-corrected chi connectivity index (χ4v) is 3.60. The molecule has 33 heavy (non-hydrogen) atoms. The van der Waals surface area contributed by atoms with Crippen molar-refractivity contribution in [2.75, 3.05) is 26.4 Å². The summed E-state index contributed by atoms with van der Waals surface area (Å²) in [6.45, 7) is 5.46. The molecule has 2 aliphatic rings. The number of aromatic nitrogens is 2. The van der Waals surface area contributed by atoms with Crippen molar-refractivity contribution in [3.8, 4) is 0 Å². The summed E-state index contributed by atoms with van der Waals surface area (Å²) in [5.41, 5.74) is 2.16. The van der Waals surface area contributed by atoms with Gasteiger partial charge < -0.3 is 24.3 Å². The third-order valence-corrected chi connectivity index (χ3v) is 5.31. The van der Waals surface area contributed by atoms with Gasteiger partial charge in [0.15, 0.2) is 5.76 Å². The number of hydrogen-bond acceptors (Lipinski definition) is 6. The van der Waals surface area contributed by atoms with Gasteiger partial charge in [-0.05, 0) is 49.8 Å². The van der Waals surface area contributed by atoms with Crippen molar-refractivity contribution in [3.63, 3.8) is 0 Å². The minimum atomic E-state index is -5.08. The van der Waals surface area contributed by atoms with E-state index in [0.29, 0.717) is 24.8 Å². The van der Waals surface area contributed by atoms with Crippen LogP contribution in [0.5, 0.6) is 0 Å². The lowest BCUT2D eigenvalue weighted by molar-refractivity contribution is -0.192. The molecular formula is C21H26F3N3O6. The molecule has 1 atom stereocenters. The standard InChI is InChI=1S/C19H25N3O4.C2HF3O2/c1-13-2-3-16(26-13)19(23)20-10-17-18-15(6-9-25-17)12-22(21-18)11-14-4-7-24-8-5-14;3-2(4,5)1(6)7/h2-3,12,14,17H,4-11H2,1H3,(H,20,23);(H,6,7). The summed E-state index contributed by atoms with van der Waals surface area (Å²) in [7, 11) is 0. The van der Waals surface area contributed by atoms with Crippen molar-refractivity contribution >= 4 is 11.9 Å². The van der Waals surface area contributed by atoms with Gasteiger partial charge in [-0.25, -0.2) is 4.79 Å². The number of nitrogens with one attached hydrogen (secondary N) is 1. The number of carboxylic acids is 1. The Morgan fingerprint density at radius 2 is 1.94 bits per heavy atom. The lowest BCUT2D eigenvalue weighted by Gasteiger charge is -2.22. The molecule has 4 rings (SSSR count). The van der Waals surface area contributed by atoms with Crippen LogP contribution in [0.1, 0.15) is 46.5 Å². The average Bonchev–Trinajstić information content (AvgIpc) is 3.38. The van der Waals surface area contributed by atoms with E-state index < -0.39 is 12.1 Å². The monoisotopic (exact) mass is 473 g/mol. The van der Waals surface area contributed by atoms with Crippen molar-refractivity contribution in [2.24, 2.45) is 5.92 Å². The molecule has 2 aromatic rings. The number of carboxylic acid groups (broad SMARTS) is 1. The van der Waals surface area contributed by atoms with E-state index in [-0.39, 0.29) is 12.0 Å². The maximum atomic E-state index is 12.2. The lowest BCUT2D eigenvalue weighted by Crippen LogP contribution is -2.31. The SMILES string of the molecule is Cc1ccc(C(=O)NCC2OCCc3cn(CC4CCOCC4)nc32)o1.O=C(O)C(F)(F)F. The highest BCUT2D eigenvalue weighted by Crippen LogP contribution is 2.26. The first-order valence-electron chi connectivity index (χ1n) is 10.5. The van der Waals surface area contributed by atoms with Crippen molar-refractivity contribution in [1.82, 2.24) is 15.1 Å². The zero-order valence-electron chi connectivity index (χ0n) is 18.1. The van der Waals surface area contributed by atoms with E-state index in [2.05, 4.69) is 11.5 Å². The summed E-state index contributed by atoms with van der Waals surface area (Å²) >= 11 is 0. The van der Waals surface area contributed by atoms with Crippen LogP contribution in [0.4, 0.5) is 13.2 Å². The van der Waals surface area contributed by atoms with Gasteiger partial charge in [0.25, 0.3) is 5.91 Å². The third kappa shape index (κ3) is 7.06. The maximum Gasteiger partial charge on any atom is 0.490 e. The number of nitrogens with zero attached hydrogens (tertiary/aromatic N) is 2. The van der Waals surface area contributed by atoms with Crippen LogP contribution >= 0.6 is 0 Å². The Bertz CT molecular complexity index is 949. The van der Waals surface area contributed by atoms with Gasteiger partial charge in [0.05, 0.1) is 12.3 Å². The van der Waals surface area contributed by atoms with E-state index in [1.165, 1.54) is 5.56 Å². The molecule has 9 nitrogen and oxygen atoms in total. The van der Waals surface area contributed by atoms with Gasteiger partial charge in [0.2, 0.25) is 0 Å². The summed E-state index contributed by atoms with van der Waals surface area (Å²) in [5, 5.41) is 14.8. The van der Waals surface area contributed by atoms with Crippen LogP contribution in [0.25, 0.3) is 0 Å². The highest BCUT2D eigenvalue weighted by molar-refractivity contribution is 5.91. The first-order valence-corrected chi connectivity index (χ1v) is 10.5. The first-order chi connectivity index (χ1) is 15.6. The number of fused-ring (bicyclic) bond motifs is 1. The number of ether oxygens (including phenoxy) is 2. The highest BCUT2D eigenvalue weighted by atomic mass is 19.4. The predicted molar refractivity (Wildman–Crippen MR) is 108 cm³/mol. The number of rotatable bonds is 5. The molecule has 0 aromatic carbocycles. The fraction of sp³-hybridized carbons (Fsp3) is 0.571. The number of amides is 1. The van der Waals surface area contributed by atoms with Gasteiger partial charge in [0.1, 0.15) is 11.9 Å². The Kier molecular flexibility index (Phi) is 8.14. The summed E-state index contributed by atoms with van der Waals surface area (Å²) < 4.78 is 50.4. The first kappa shape index (κ1) is 24.8. The van der Waals surface area contributed by atoms with Crippen LogP contribution in [0.3, 0.4) is 0 Å². The van der Waals surface area contributed by atoms with Gasteiger partial charge >= 0.3 is 12.1 Å². The average molecular weight is 473 g/mol. The fourth-order valence-electron chi connectivity index (χ4n) is 3.60. The molecule has 12 heteroatoms. The van der Waals surface area contributed by atoms with Gasteiger partial charge in [0, 0.05) is 32.5 Å². The molecular weight excluding hydrogens is 447 g/mol. The zero-order valence-corrected chi connectivity index (χ0v) is 18.1. The molecule has 1 amide bonds. The second-order valence-electron chi connectivity index (χ2n) is 7.85. The molecule has 0 radical (unpaired) electrons. The molecule has 0 aliphatic carbocycles. The number of alkyl halides is 3. The van der Waals surface area contributed by atoms with Gasteiger partial charge in [-0.3, -0.25) is 9.48 Å². The lowest BCUT2D eigenvalue weighted by atomic mass is 10.0. The number of halogens is 3. The summed E-state index contributed by atoms with van der Waals surface area (Å²) in [5.74, 6) is -1.32. The van der Waals surface area contributed by atoms with Crippen molar-refractivity contribution in [2.45, 2.75) is 45.0 Å². The number of furan rings is 1. The number of carbonyl (C=O) groups is 2. The Morgan fingerprint density at radius 1 is 1.24 bits per heavy atom. The van der Waals surface area contributed by atoms with E-state index >= 15 is 0 Å². The molecule has 1 unspecified atom stereocenters. The summed E-state index contributed by atoms with van der Waals surface area (Å²) in [6.07, 6.45) is -0.121. The van der Waals surface area contributed by atoms with Crippen LogP contribution in [0.2, 0.25) is 0 Å². The molecule has 0 spiro atoms. The second kappa shape index (κ2) is 10.8. The van der Waals surface area contributed by atoms with Crippen molar-refractivity contribution in [3.05, 3.63) is 41.1 Å². The molecule has 4 heterocycles. The normalized spacial score (nSPS) is 18.7. The van der Waals surface area contributed by atoms with E-state index in [4.69, 9.17) is 28.9 Å². The van der Waals surface area contributed by atoms with Crippen LogP contribution in [-0.4, -0.2) is 59.3 Å². The van der Waals surface area contributed by atoms with Crippen LogP contribution < -0.4 is 5.32 Å². The van der Waals surface area contributed by atoms with Gasteiger partial charge in [-0.1, -0.05) is 0 Å². The maximum absolute atomic E-state index is 12.2. The van der Waals surface area contributed by atoms with E-state index in [1.807, 2.05) is 11.6 Å². The summed E-state index contributed by atoms with van der Waals surface area (Å²) in [4.78, 5) is 21.1. The van der Waals surface area contributed by atoms with Crippen molar-refractivity contribution in [1.29, 1.82) is 0 Å². The molecule has 0 saturated carbocycles.